The van der Waals surface area contributed by atoms with Gasteiger partial charge in [-0.15, -0.1) is 0 Å². The number of hydrogen-bond acceptors (Lipinski definition) is 2. The van der Waals surface area contributed by atoms with E-state index in [-0.39, 0.29) is 0 Å². The van der Waals surface area contributed by atoms with Gasteiger partial charge in [0.15, 0.2) is 0 Å². The van der Waals surface area contributed by atoms with Gasteiger partial charge in [-0.3, -0.25) is 0 Å². The van der Waals surface area contributed by atoms with Gasteiger partial charge in [0.1, 0.15) is 5.76 Å². The average Bonchev–Trinajstić information content (AvgIpc) is 2.90. The monoisotopic (exact) mass is 271 g/mol. The molecule has 0 saturated heterocycles. The minimum absolute atomic E-state index is 0.413. The first-order valence-corrected chi connectivity index (χ1v) is 7.47. The number of hydrogen-bond donors (Lipinski definition) is 1. The molecule has 0 aliphatic heterocycles. The van der Waals surface area contributed by atoms with Gasteiger partial charge in [-0.2, -0.15) is 0 Å². The summed E-state index contributed by atoms with van der Waals surface area (Å²) in [5.41, 5.74) is 2.76. The summed E-state index contributed by atoms with van der Waals surface area (Å²) in [5, 5.41) is 3.54. The molecule has 2 heteroatoms. The van der Waals surface area contributed by atoms with Crippen LogP contribution in [-0.2, 0) is 19.4 Å². The number of furan rings is 1. The lowest BCUT2D eigenvalue weighted by Crippen LogP contribution is -2.27. The van der Waals surface area contributed by atoms with E-state index in [0.717, 1.165) is 25.1 Å². The van der Waals surface area contributed by atoms with Crippen molar-refractivity contribution >= 4 is 0 Å². The van der Waals surface area contributed by atoms with E-state index < -0.39 is 0 Å². The molecule has 0 fully saturated rings. The molecule has 0 aliphatic carbocycles. The lowest BCUT2D eigenvalue weighted by Gasteiger charge is -2.13. The highest BCUT2D eigenvalue weighted by Gasteiger charge is 2.05. The van der Waals surface area contributed by atoms with Gasteiger partial charge in [-0.1, -0.05) is 38.1 Å². The Balaban J connectivity index is 1.78. The zero-order valence-corrected chi connectivity index (χ0v) is 12.7. The van der Waals surface area contributed by atoms with Crippen LogP contribution in [0.15, 0.2) is 47.1 Å². The number of benzene rings is 1. The highest BCUT2D eigenvalue weighted by molar-refractivity contribution is 5.22. The zero-order chi connectivity index (χ0) is 14.4. The first kappa shape index (κ1) is 14.9. The smallest absolute Gasteiger partial charge is 0.105 e. The van der Waals surface area contributed by atoms with Crippen molar-refractivity contribution in [2.24, 2.45) is 5.92 Å². The second-order valence-corrected chi connectivity index (χ2v) is 5.98. The molecule has 0 spiro atoms. The van der Waals surface area contributed by atoms with Gasteiger partial charge < -0.3 is 9.73 Å². The summed E-state index contributed by atoms with van der Waals surface area (Å²) < 4.78 is 5.37. The third-order valence-electron chi connectivity index (χ3n) is 3.41. The summed E-state index contributed by atoms with van der Waals surface area (Å²) in [4.78, 5) is 0. The van der Waals surface area contributed by atoms with Crippen molar-refractivity contribution in [1.82, 2.24) is 5.32 Å². The van der Waals surface area contributed by atoms with Crippen LogP contribution in [0.1, 0.15) is 37.7 Å². The van der Waals surface area contributed by atoms with E-state index in [2.05, 4.69) is 50.4 Å². The van der Waals surface area contributed by atoms with Crippen LogP contribution in [0.4, 0.5) is 0 Å². The SMILES string of the molecule is CC(C)Cc1ccc(CNC(C)Cc2ccco2)cc1. The zero-order valence-electron chi connectivity index (χ0n) is 12.7. The maximum absolute atomic E-state index is 5.37. The van der Waals surface area contributed by atoms with Crippen molar-refractivity contribution in [3.63, 3.8) is 0 Å². The van der Waals surface area contributed by atoms with Crippen LogP contribution in [0.25, 0.3) is 0 Å². The molecule has 2 aromatic rings. The average molecular weight is 271 g/mol. The van der Waals surface area contributed by atoms with Crippen LogP contribution in [0, 0.1) is 5.92 Å². The predicted octanol–water partition coefficient (Wildman–Crippen LogP) is 4.20. The molecule has 1 aromatic carbocycles. The second kappa shape index (κ2) is 7.30. The molecule has 0 bridgehead atoms. The fourth-order valence-corrected chi connectivity index (χ4v) is 2.36. The van der Waals surface area contributed by atoms with Crippen molar-refractivity contribution in [2.45, 2.75) is 46.2 Å². The van der Waals surface area contributed by atoms with Gasteiger partial charge in [0.2, 0.25) is 0 Å². The molecule has 1 unspecified atom stereocenters. The van der Waals surface area contributed by atoms with Crippen LogP contribution in [0.3, 0.4) is 0 Å². The van der Waals surface area contributed by atoms with E-state index in [4.69, 9.17) is 4.42 Å². The van der Waals surface area contributed by atoms with Gasteiger partial charge in [0.25, 0.3) is 0 Å². The van der Waals surface area contributed by atoms with Crippen LogP contribution < -0.4 is 5.32 Å². The molecule has 1 N–H and O–H groups in total. The highest BCUT2D eigenvalue weighted by Crippen LogP contribution is 2.10. The molecular weight excluding hydrogens is 246 g/mol. The Hall–Kier alpha value is -1.54. The number of nitrogens with one attached hydrogen (secondary N) is 1. The van der Waals surface area contributed by atoms with Crippen LogP contribution in [0.2, 0.25) is 0 Å². The summed E-state index contributed by atoms with van der Waals surface area (Å²) in [6, 6.07) is 13.3. The fraction of sp³-hybridized carbons (Fsp3) is 0.444. The lowest BCUT2D eigenvalue weighted by molar-refractivity contribution is 0.456. The Bertz CT molecular complexity index is 485. The largest absolute Gasteiger partial charge is 0.469 e. The molecule has 20 heavy (non-hydrogen) atoms. The maximum atomic E-state index is 5.37. The molecule has 2 nitrogen and oxygen atoms in total. The predicted molar refractivity (Wildman–Crippen MR) is 83.7 cm³/mol. The molecule has 0 radical (unpaired) electrons. The van der Waals surface area contributed by atoms with Gasteiger partial charge in [-0.25, -0.2) is 0 Å². The lowest BCUT2D eigenvalue weighted by atomic mass is 10.0. The summed E-state index contributed by atoms with van der Waals surface area (Å²) in [5.74, 6) is 1.75. The van der Waals surface area contributed by atoms with Crippen molar-refractivity contribution in [3.05, 3.63) is 59.5 Å². The summed E-state index contributed by atoms with van der Waals surface area (Å²) in [6.07, 6.45) is 3.82. The summed E-state index contributed by atoms with van der Waals surface area (Å²) in [6.45, 7) is 7.61. The van der Waals surface area contributed by atoms with Crippen molar-refractivity contribution in [2.75, 3.05) is 0 Å². The normalized spacial score (nSPS) is 12.8. The fourth-order valence-electron chi connectivity index (χ4n) is 2.36. The van der Waals surface area contributed by atoms with Gasteiger partial charge in [-0.05, 0) is 42.5 Å². The van der Waals surface area contributed by atoms with E-state index in [0.29, 0.717) is 12.0 Å². The first-order chi connectivity index (χ1) is 9.63. The minimum atomic E-state index is 0.413. The van der Waals surface area contributed by atoms with Crippen LogP contribution in [-0.4, -0.2) is 6.04 Å². The summed E-state index contributed by atoms with van der Waals surface area (Å²) in [7, 11) is 0. The maximum Gasteiger partial charge on any atom is 0.105 e. The molecule has 1 aromatic heterocycles. The Labute approximate surface area is 122 Å². The molecular formula is C18H25NO. The molecule has 0 saturated carbocycles. The van der Waals surface area contributed by atoms with Crippen LogP contribution in [0.5, 0.6) is 0 Å². The minimum Gasteiger partial charge on any atom is -0.469 e. The highest BCUT2D eigenvalue weighted by atomic mass is 16.3. The van der Waals surface area contributed by atoms with E-state index in [1.54, 1.807) is 6.26 Å². The molecule has 108 valence electrons. The molecule has 0 amide bonds. The number of rotatable bonds is 7. The topological polar surface area (TPSA) is 25.2 Å². The Morgan fingerprint density at radius 2 is 1.65 bits per heavy atom. The summed E-state index contributed by atoms with van der Waals surface area (Å²) >= 11 is 0. The molecule has 1 heterocycles. The first-order valence-electron chi connectivity index (χ1n) is 7.47. The standard InChI is InChI=1S/C18H25NO/c1-14(2)11-16-6-8-17(9-7-16)13-19-15(3)12-18-5-4-10-20-18/h4-10,14-15,19H,11-13H2,1-3H3. The quantitative estimate of drug-likeness (QED) is 0.816. The van der Waals surface area contributed by atoms with Crippen molar-refractivity contribution < 1.29 is 4.42 Å². The molecule has 1 atom stereocenters. The van der Waals surface area contributed by atoms with Gasteiger partial charge >= 0.3 is 0 Å². The Morgan fingerprint density at radius 1 is 0.950 bits per heavy atom. The Kier molecular flexibility index (Phi) is 5.42. The van der Waals surface area contributed by atoms with E-state index >= 15 is 0 Å². The second-order valence-electron chi connectivity index (χ2n) is 5.98. The van der Waals surface area contributed by atoms with Crippen molar-refractivity contribution in [1.29, 1.82) is 0 Å². The van der Waals surface area contributed by atoms with Gasteiger partial charge in [0, 0.05) is 19.0 Å². The van der Waals surface area contributed by atoms with Crippen LogP contribution >= 0.6 is 0 Å². The van der Waals surface area contributed by atoms with E-state index in [1.165, 1.54) is 11.1 Å². The molecule has 2 rings (SSSR count). The van der Waals surface area contributed by atoms with Crippen molar-refractivity contribution in [3.8, 4) is 0 Å². The third-order valence-corrected chi connectivity index (χ3v) is 3.41. The van der Waals surface area contributed by atoms with Gasteiger partial charge in [0.05, 0.1) is 6.26 Å². The Morgan fingerprint density at radius 3 is 2.25 bits per heavy atom. The third kappa shape index (κ3) is 4.86. The van der Waals surface area contributed by atoms with E-state index in [1.807, 2.05) is 12.1 Å². The molecule has 0 aliphatic rings. The van der Waals surface area contributed by atoms with E-state index in [9.17, 15) is 0 Å².